The maximum absolute atomic E-state index is 14.8. The number of esters is 6. The van der Waals surface area contributed by atoms with E-state index in [1.165, 1.54) is 70.2 Å². The van der Waals surface area contributed by atoms with Gasteiger partial charge in [0.2, 0.25) is 0 Å². The molecular weight excluding hydrogens is 925 g/mol. The first-order valence-corrected chi connectivity index (χ1v) is 23.0. The van der Waals surface area contributed by atoms with Crippen LogP contribution in [0.25, 0.3) is 5.76 Å². The molecule has 15 nitrogen and oxygen atoms in total. The van der Waals surface area contributed by atoms with Gasteiger partial charge in [-0.05, 0) is 92.8 Å². The lowest BCUT2D eigenvalue weighted by Gasteiger charge is -2.44. The Morgan fingerprint density at radius 3 is 1.29 bits per heavy atom. The summed E-state index contributed by atoms with van der Waals surface area (Å²) >= 11 is 0. The minimum Gasteiger partial charge on any atom is -0.486 e. The molecule has 0 aliphatic heterocycles. The largest absolute Gasteiger partial charge is 0.486 e. The van der Waals surface area contributed by atoms with Gasteiger partial charge in [-0.1, -0.05) is 97.6 Å². The Morgan fingerprint density at radius 2 is 0.833 bits per heavy atom. The molecule has 5 unspecified atom stereocenters. The summed E-state index contributed by atoms with van der Waals surface area (Å²) in [4.78, 5) is 107. The summed E-state index contributed by atoms with van der Waals surface area (Å²) in [6.45, 7) is 14.5. The highest BCUT2D eigenvalue weighted by molar-refractivity contribution is 5.95. The van der Waals surface area contributed by atoms with Gasteiger partial charge in [0.1, 0.15) is 46.6 Å². The smallest absolute Gasteiger partial charge is 0.341 e. The summed E-state index contributed by atoms with van der Waals surface area (Å²) in [5, 5.41) is 0. The van der Waals surface area contributed by atoms with E-state index in [4.69, 9.17) is 33.2 Å². The van der Waals surface area contributed by atoms with Gasteiger partial charge in [-0.15, -0.1) is 0 Å². The van der Waals surface area contributed by atoms with Crippen LogP contribution in [0.3, 0.4) is 0 Å². The van der Waals surface area contributed by atoms with Crippen LogP contribution in [0, 0.1) is 5.92 Å². The fraction of sp³-hybridized carbons (Fsp3) is 0.263. The minimum absolute atomic E-state index is 0.00318. The number of rotatable bonds is 20. The molecule has 15 heteroatoms. The molecule has 5 aromatic rings. The average Bonchev–Trinajstić information content (AvgIpc) is 3.32. The fourth-order valence-corrected chi connectivity index (χ4v) is 8.32. The Kier molecular flexibility index (Phi) is 17.9. The number of allylic oxidation sites excluding steroid dienone is 1. The van der Waals surface area contributed by atoms with Crippen molar-refractivity contribution in [2.75, 3.05) is 6.61 Å². The maximum Gasteiger partial charge on any atom is 0.341 e. The lowest BCUT2D eigenvalue weighted by Crippen LogP contribution is -2.59. The van der Waals surface area contributed by atoms with Crippen molar-refractivity contribution in [2.45, 2.75) is 84.7 Å². The summed E-state index contributed by atoms with van der Waals surface area (Å²) in [6.07, 6.45) is -6.73. The molecule has 0 N–H and O–H groups in total. The first-order valence-electron chi connectivity index (χ1n) is 23.0. The van der Waals surface area contributed by atoms with Crippen LogP contribution in [0.4, 0.5) is 0 Å². The van der Waals surface area contributed by atoms with E-state index in [1.807, 2.05) is 0 Å². The third-order valence-electron chi connectivity index (χ3n) is 11.3. The number of carbonyl (C=O) groups is 8. The second kappa shape index (κ2) is 24.4. The van der Waals surface area contributed by atoms with Crippen molar-refractivity contribution in [1.29, 1.82) is 0 Å². The molecule has 5 atom stereocenters. The molecule has 1 aliphatic carbocycles. The molecular formula is C57H54O15. The third-order valence-corrected chi connectivity index (χ3v) is 11.3. The Hall–Kier alpha value is -8.46. The van der Waals surface area contributed by atoms with Crippen molar-refractivity contribution in [1.82, 2.24) is 0 Å². The number of carbonyl (C=O) groups excluding carboxylic acids is 8. The van der Waals surface area contributed by atoms with Gasteiger partial charge in [-0.25, -0.2) is 19.2 Å². The van der Waals surface area contributed by atoms with Gasteiger partial charge in [0.15, 0.2) is 12.2 Å². The normalized spacial score (nSPS) is 17.0. The molecule has 1 fully saturated rings. The number of para-hydroxylation sites is 2. The van der Waals surface area contributed by atoms with E-state index in [9.17, 15) is 38.4 Å². The van der Waals surface area contributed by atoms with Crippen LogP contribution in [0.2, 0.25) is 0 Å². The average molecular weight is 979 g/mol. The third kappa shape index (κ3) is 13.9. The van der Waals surface area contributed by atoms with Crippen molar-refractivity contribution >= 4 is 53.1 Å². The molecule has 0 spiro atoms. The van der Waals surface area contributed by atoms with Crippen molar-refractivity contribution < 1.29 is 71.5 Å². The summed E-state index contributed by atoms with van der Waals surface area (Å²) < 4.78 is 42.6. The molecule has 0 radical (unpaired) electrons. The lowest BCUT2D eigenvalue weighted by atomic mass is 9.80. The van der Waals surface area contributed by atoms with Crippen molar-refractivity contribution in [3.05, 3.63) is 185 Å². The zero-order valence-electron chi connectivity index (χ0n) is 40.5. The standard InChI is InChI=1S/C57H54O15/c1-33(2)28-39-18-8-11-22-44(39)57(65)72-53-51(70-55(63)45-23-12-9-19-40(45)29-34(3)58)42(32-66-54(62)47-25-15-17-27-49(47)69-38(7)61)31-50(67-36(5)43-21-14-16-26-48(43)68-37(6)60)52(53)71-56(64)46-24-13-10-20-41(46)30-35(4)59/h8-27,42,50-53H,1,5,28-32H2,2-4,6-7H3. The van der Waals surface area contributed by atoms with Crippen molar-refractivity contribution in [3.8, 4) is 11.5 Å². The zero-order valence-corrected chi connectivity index (χ0v) is 40.5. The van der Waals surface area contributed by atoms with Crippen LogP contribution in [-0.2, 0) is 62.1 Å². The molecule has 0 aromatic heterocycles. The topological polar surface area (TPSA) is 201 Å². The van der Waals surface area contributed by atoms with Crippen molar-refractivity contribution in [3.63, 3.8) is 0 Å². The predicted octanol–water partition coefficient (Wildman–Crippen LogP) is 8.83. The van der Waals surface area contributed by atoms with E-state index in [-0.39, 0.29) is 82.3 Å². The van der Waals surface area contributed by atoms with E-state index in [0.717, 1.165) is 5.57 Å². The maximum atomic E-state index is 14.8. The van der Waals surface area contributed by atoms with E-state index in [0.29, 0.717) is 16.7 Å². The van der Waals surface area contributed by atoms with Gasteiger partial charge in [-0.2, -0.15) is 0 Å². The highest BCUT2D eigenvalue weighted by atomic mass is 16.6. The monoisotopic (exact) mass is 978 g/mol. The van der Waals surface area contributed by atoms with Crippen LogP contribution in [0.1, 0.15) is 105 Å². The highest BCUT2D eigenvalue weighted by Crippen LogP contribution is 2.39. The van der Waals surface area contributed by atoms with Gasteiger partial charge < -0.3 is 33.2 Å². The van der Waals surface area contributed by atoms with Gasteiger partial charge in [0, 0.05) is 32.6 Å². The van der Waals surface area contributed by atoms with E-state index < -0.39 is 72.8 Å². The fourth-order valence-electron chi connectivity index (χ4n) is 8.32. The molecule has 72 heavy (non-hydrogen) atoms. The molecule has 372 valence electrons. The molecule has 6 rings (SSSR count). The van der Waals surface area contributed by atoms with Gasteiger partial charge >= 0.3 is 35.8 Å². The zero-order chi connectivity index (χ0) is 52.1. The minimum atomic E-state index is -1.78. The van der Waals surface area contributed by atoms with Crippen LogP contribution in [0.5, 0.6) is 11.5 Å². The number of ketones is 2. The number of hydrogen-bond donors (Lipinski definition) is 0. The number of hydrogen-bond acceptors (Lipinski definition) is 15. The van der Waals surface area contributed by atoms with Crippen molar-refractivity contribution in [2.24, 2.45) is 5.92 Å². The highest BCUT2D eigenvalue weighted by Gasteiger charge is 2.53. The second-order valence-electron chi connectivity index (χ2n) is 17.3. The quantitative estimate of drug-likeness (QED) is 0.0235. The second-order valence-corrected chi connectivity index (χ2v) is 17.3. The van der Waals surface area contributed by atoms with Crippen LogP contribution in [-0.4, -0.2) is 78.4 Å². The number of ether oxygens (including phenoxy) is 7. The van der Waals surface area contributed by atoms with E-state index >= 15 is 0 Å². The molecule has 0 saturated heterocycles. The SMILES string of the molecule is C=C(C)Cc1ccccc1C(=O)OC1C(OC(=O)c2ccccc2CC(C)=O)C(COC(=O)c2ccccc2OC(C)=O)CC(OC(=C)c2ccccc2OC(C)=O)C1OC(=O)c1ccccc1CC(C)=O. The molecule has 0 heterocycles. The molecule has 0 bridgehead atoms. The first kappa shape index (κ1) is 52.9. The van der Waals surface area contributed by atoms with Gasteiger partial charge in [0.05, 0.1) is 28.9 Å². The summed E-state index contributed by atoms with van der Waals surface area (Å²) in [7, 11) is 0. The first-order chi connectivity index (χ1) is 34.4. The number of Topliss-reactive ketones (excluding diaryl/α,β-unsaturated/α-hetero) is 2. The van der Waals surface area contributed by atoms with Gasteiger partial charge in [0.25, 0.3) is 0 Å². The van der Waals surface area contributed by atoms with Crippen LogP contribution in [0.15, 0.2) is 140 Å². The summed E-state index contributed by atoms with van der Waals surface area (Å²) in [6, 6.07) is 31.3. The molecule has 0 amide bonds. The molecule has 1 aliphatic rings. The van der Waals surface area contributed by atoms with Gasteiger partial charge in [-0.3, -0.25) is 19.2 Å². The molecule has 5 aromatic carbocycles. The summed E-state index contributed by atoms with van der Waals surface area (Å²) in [5.41, 5.74) is 2.10. The Labute approximate surface area is 416 Å². The van der Waals surface area contributed by atoms with Crippen LogP contribution < -0.4 is 9.47 Å². The number of benzene rings is 5. The lowest BCUT2D eigenvalue weighted by molar-refractivity contribution is -0.168. The Balaban J connectivity index is 1.55. The molecule has 1 saturated carbocycles. The summed E-state index contributed by atoms with van der Waals surface area (Å²) in [5.74, 6) is -6.93. The predicted molar refractivity (Wildman–Crippen MR) is 262 cm³/mol. The Morgan fingerprint density at radius 1 is 0.444 bits per heavy atom. The van der Waals surface area contributed by atoms with E-state index in [1.54, 1.807) is 85.8 Å². The van der Waals surface area contributed by atoms with Crippen LogP contribution >= 0.6 is 0 Å². The Bertz CT molecular complexity index is 2910. The van der Waals surface area contributed by atoms with E-state index in [2.05, 4.69) is 13.2 Å².